The largest absolute Gasteiger partial charge is 0.399 e. The highest BCUT2D eigenvalue weighted by atomic mass is 16.1. The molecule has 6 heteroatoms. The second-order valence-electron chi connectivity index (χ2n) is 10.6. The van der Waals surface area contributed by atoms with Crippen LogP contribution in [0.15, 0.2) is 36.7 Å². The monoisotopic (exact) mass is 487 g/mol. The van der Waals surface area contributed by atoms with Crippen LogP contribution in [0.1, 0.15) is 87.5 Å². The molecule has 3 N–H and O–H groups in total. The van der Waals surface area contributed by atoms with Crippen LogP contribution in [0, 0.1) is 18.3 Å². The molecular formula is C30H41N5O. The lowest BCUT2D eigenvalue weighted by atomic mass is 9.97. The number of benzene rings is 1. The summed E-state index contributed by atoms with van der Waals surface area (Å²) in [4.78, 5) is 28.1. The maximum atomic E-state index is 13.2. The summed E-state index contributed by atoms with van der Waals surface area (Å²) in [5, 5.41) is 0.980. The van der Waals surface area contributed by atoms with E-state index in [-0.39, 0.29) is 11.7 Å². The lowest BCUT2D eigenvalue weighted by Gasteiger charge is -2.30. The predicted octanol–water partition coefficient (Wildman–Crippen LogP) is 6.96. The number of aryl methyl sites for hydroxylation is 1. The average Bonchev–Trinajstić information content (AvgIpc) is 3.52. The van der Waals surface area contributed by atoms with E-state index in [4.69, 9.17) is 10.7 Å². The van der Waals surface area contributed by atoms with Crippen molar-refractivity contribution in [2.24, 2.45) is 11.3 Å². The number of ketones is 1. The number of unbranched alkanes of at least 4 members (excludes halogenated alkanes) is 1. The molecule has 0 spiro atoms. The molecule has 0 amide bonds. The van der Waals surface area contributed by atoms with Crippen LogP contribution in [-0.4, -0.2) is 33.8 Å². The standard InChI is InChI=1S/C30H41N5O/c1-5-7-8-11-25-22(4)32-20-33-29(25)35(19-30(6-2)14-15-30)16-9-10-21(3)28(36)27-18-23-17-24(31)12-13-26(23)34-27/h8,11-13,17-18,20-21,34H,5-7,9-10,14-16,19,31H2,1-4H3/b11-8-. The van der Waals surface area contributed by atoms with Gasteiger partial charge in [0.05, 0.1) is 11.4 Å². The molecular weight excluding hydrogens is 446 g/mol. The zero-order valence-electron chi connectivity index (χ0n) is 22.3. The number of nitrogens with zero attached hydrogens (tertiary/aromatic N) is 3. The molecule has 1 saturated carbocycles. The predicted molar refractivity (Wildman–Crippen MR) is 150 cm³/mol. The fourth-order valence-electron chi connectivity index (χ4n) is 5.02. The minimum Gasteiger partial charge on any atom is -0.399 e. The van der Waals surface area contributed by atoms with Crippen molar-refractivity contribution in [1.82, 2.24) is 15.0 Å². The van der Waals surface area contributed by atoms with E-state index in [0.29, 0.717) is 16.8 Å². The van der Waals surface area contributed by atoms with E-state index in [9.17, 15) is 4.79 Å². The van der Waals surface area contributed by atoms with E-state index in [1.807, 2.05) is 31.2 Å². The summed E-state index contributed by atoms with van der Waals surface area (Å²) in [5.41, 5.74) is 10.8. The van der Waals surface area contributed by atoms with Crippen molar-refractivity contribution in [3.8, 4) is 0 Å². The molecule has 36 heavy (non-hydrogen) atoms. The van der Waals surface area contributed by atoms with Gasteiger partial charge in [-0.05, 0) is 75.1 Å². The normalized spacial score (nSPS) is 15.4. The molecule has 2 heterocycles. The quantitative estimate of drug-likeness (QED) is 0.201. The molecule has 1 unspecified atom stereocenters. The zero-order valence-corrected chi connectivity index (χ0v) is 22.3. The Balaban J connectivity index is 1.47. The third kappa shape index (κ3) is 5.97. The lowest BCUT2D eigenvalue weighted by Crippen LogP contribution is -2.33. The summed E-state index contributed by atoms with van der Waals surface area (Å²) in [6, 6.07) is 7.62. The number of rotatable bonds is 13. The number of allylic oxidation sites excluding steroid dienone is 1. The molecule has 3 aromatic rings. The molecule has 1 aliphatic rings. The average molecular weight is 488 g/mol. The van der Waals surface area contributed by atoms with Crippen LogP contribution < -0.4 is 10.6 Å². The number of nitrogens with one attached hydrogen (secondary N) is 1. The molecule has 6 nitrogen and oxygen atoms in total. The molecule has 1 fully saturated rings. The van der Waals surface area contributed by atoms with E-state index in [0.717, 1.165) is 66.8 Å². The SMILES string of the molecule is CCC/C=C\c1c(C)ncnc1N(CCCC(C)C(=O)c1cc2cc(N)ccc2[nH]1)CC1(CC)CC1. The van der Waals surface area contributed by atoms with Crippen LogP contribution in [0.2, 0.25) is 0 Å². The zero-order chi connectivity index (χ0) is 25.7. The van der Waals surface area contributed by atoms with Gasteiger partial charge >= 0.3 is 0 Å². The number of hydrogen-bond donors (Lipinski definition) is 2. The molecule has 1 aliphatic carbocycles. The summed E-state index contributed by atoms with van der Waals surface area (Å²) >= 11 is 0. The summed E-state index contributed by atoms with van der Waals surface area (Å²) in [7, 11) is 0. The Morgan fingerprint density at radius 2 is 2.06 bits per heavy atom. The molecule has 2 aromatic heterocycles. The number of aromatic nitrogens is 3. The maximum Gasteiger partial charge on any atom is 0.181 e. The van der Waals surface area contributed by atoms with Crippen molar-refractivity contribution in [3.63, 3.8) is 0 Å². The number of aromatic amines is 1. The first-order valence-electron chi connectivity index (χ1n) is 13.5. The van der Waals surface area contributed by atoms with Crippen LogP contribution in [0.25, 0.3) is 17.0 Å². The maximum absolute atomic E-state index is 13.2. The molecule has 4 rings (SSSR count). The number of nitrogen functional groups attached to an aromatic ring is 1. The Bertz CT molecular complexity index is 1220. The van der Waals surface area contributed by atoms with Crippen LogP contribution in [0.3, 0.4) is 0 Å². The smallest absolute Gasteiger partial charge is 0.181 e. The van der Waals surface area contributed by atoms with Crippen molar-refractivity contribution in [2.75, 3.05) is 23.7 Å². The first-order valence-corrected chi connectivity index (χ1v) is 13.5. The third-order valence-electron chi connectivity index (χ3n) is 7.76. The molecule has 0 aliphatic heterocycles. The Morgan fingerprint density at radius 1 is 1.25 bits per heavy atom. The third-order valence-corrected chi connectivity index (χ3v) is 7.76. The van der Waals surface area contributed by atoms with Gasteiger partial charge in [0.25, 0.3) is 0 Å². The van der Waals surface area contributed by atoms with E-state index < -0.39 is 0 Å². The molecule has 1 aromatic carbocycles. The summed E-state index contributed by atoms with van der Waals surface area (Å²) in [6.45, 7) is 10.5. The van der Waals surface area contributed by atoms with Gasteiger partial charge in [-0.3, -0.25) is 4.79 Å². The number of H-pyrrole nitrogens is 1. The van der Waals surface area contributed by atoms with Gasteiger partial charge in [0, 0.05) is 41.2 Å². The van der Waals surface area contributed by atoms with Crippen molar-refractivity contribution < 1.29 is 4.79 Å². The van der Waals surface area contributed by atoms with Crippen molar-refractivity contribution in [2.45, 2.75) is 72.6 Å². The number of hydrogen-bond acceptors (Lipinski definition) is 5. The van der Waals surface area contributed by atoms with Crippen LogP contribution >= 0.6 is 0 Å². The van der Waals surface area contributed by atoms with Gasteiger partial charge in [-0.2, -0.15) is 0 Å². The molecule has 0 saturated heterocycles. The van der Waals surface area contributed by atoms with Gasteiger partial charge in [0.1, 0.15) is 12.1 Å². The minimum atomic E-state index is -0.0608. The number of carbonyl (C=O) groups excluding carboxylic acids is 1. The van der Waals surface area contributed by atoms with Gasteiger partial charge in [-0.25, -0.2) is 9.97 Å². The van der Waals surface area contributed by atoms with Gasteiger partial charge in [-0.15, -0.1) is 0 Å². The summed E-state index contributed by atoms with van der Waals surface area (Å²) in [6.07, 6.45) is 13.8. The van der Waals surface area contributed by atoms with E-state index >= 15 is 0 Å². The minimum absolute atomic E-state index is 0.0608. The molecule has 0 bridgehead atoms. The first kappa shape index (κ1) is 25.9. The van der Waals surface area contributed by atoms with E-state index in [2.05, 4.69) is 47.8 Å². The van der Waals surface area contributed by atoms with Gasteiger partial charge in [0.15, 0.2) is 5.78 Å². The van der Waals surface area contributed by atoms with E-state index in [1.54, 1.807) is 6.33 Å². The van der Waals surface area contributed by atoms with Crippen LogP contribution in [-0.2, 0) is 0 Å². The Labute approximate surface area is 215 Å². The number of Topliss-reactive ketones (excluding diaryl/α,β-unsaturated/α-hetero) is 1. The highest BCUT2D eigenvalue weighted by molar-refractivity contribution is 6.01. The summed E-state index contributed by atoms with van der Waals surface area (Å²) in [5.74, 6) is 1.13. The number of anilines is 2. The second-order valence-corrected chi connectivity index (χ2v) is 10.6. The Morgan fingerprint density at radius 3 is 2.78 bits per heavy atom. The topological polar surface area (TPSA) is 87.9 Å². The van der Waals surface area contributed by atoms with Gasteiger partial charge in [0.2, 0.25) is 0 Å². The highest BCUT2D eigenvalue weighted by Crippen LogP contribution is 2.49. The number of nitrogens with two attached hydrogens (primary N) is 1. The van der Waals surface area contributed by atoms with Crippen LogP contribution in [0.4, 0.5) is 11.5 Å². The van der Waals surface area contributed by atoms with Crippen molar-refractivity contribution >= 4 is 34.3 Å². The molecule has 1 atom stereocenters. The first-order chi connectivity index (χ1) is 17.4. The van der Waals surface area contributed by atoms with Crippen molar-refractivity contribution in [3.05, 3.63) is 53.6 Å². The Hall–Kier alpha value is -3.15. The lowest BCUT2D eigenvalue weighted by molar-refractivity contribution is 0.0918. The second kappa shape index (κ2) is 11.3. The fraction of sp³-hybridized carbons (Fsp3) is 0.500. The number of carbonyl (C=O) groups is 1. The van der Waals surface area contributed by atoms with Gasteiger partial charge < -0.3 is 15.6 Å². The summed E-state index contributed by atoms with van der Waals surface area (Å²) < 4.78 is 0. The van der Waals surface area contributed by atoms with Crippen molar-refractivity contribution in [1.29, 1.82) is 0 Å². The molecule has 0 radical (unpaired) electrons. The highest BCUT2D eigenvalue weighted by Gasteiger charge is 2.42. The fourth-order valence-corrected chi connectivity index (χ4v) is 5.02. The van der Waals surface area contributed by atoms with Gasteiger partial charge in [-0.1, -0.05) is 39.3 Å². The van der Waals surface area contributed by atoms with E-state index in [1.165, 1.54) is 19.3 Å². The number of fused-ring (bicyclic) bond motifs is 1. The molecule has 192 valence electrons. The van der Waals surface area contributed by atoms with Crippen LogP contribution in [0.5, 0.6) is 0 Å². The Kier molecular flexibility index (Phi) is 8.12.